The Morgan fingerprint density at radius 2 is 2.08 bits per heavy atom. The molecule has 0 bridgehead atoms. The molecule has 0 spiro atoms. The summed E-state index contributed by atoms with van der Waals surface area (Å²) in [4.78, 5) is 0. The van der Waals surface area contributed by atoms with Crippen LogP contribution in [0.1, 0.15) is 12.8 Å². The van der Waals surface area contributed by atoms with Crippen LogP contribution >= 0.6 is 17.9 Å². The number of thiol groups is 1. The maximum absolute atomic E-state index is 5.56. The van der Waals surface area contributed by atoms with E-state index < -0.39 is 5.69 Å². The fraction of sp³-hybridized carbons (Fsp3) is 1.00. The second-order valence-electron chi connectivity index (χ2n) is 2.71. The third kappa shape index (κ3) is 3.73. The van der Waals surface area contributed by atoms with Crippen molar-refractivity contribution in [1.82, 2.24) is 5.32 Å². The summed E-state index contributed by atoms with van der Waals surface area (Å²) in [6, 6.07) is 0. The third-order valence-corrected chi connectivity index (χ3v) is 4.30. The molecule has 1 aliphatic heterocycles. The SMILES string of the molecule is COP(=S)(S)OC1CCNCC1. The highest BCUT2D eigenvalue weighted by Crippen LogP contribution is 2.54. The summed E-state index contributed by atoms with van der Waals surface area (Å²) in [5.74, 6) is 0. The molecule has 0 aliphatic carbocycles. The lowest BCUT2D eigenvalue weighted by atomic mass is 10.1. The Morgan fingerprint density at radius 1 is 1.50 bits per heavy atom. The molecule has 0 saturated carbocycles. The normalized spacial score (nSPS) is 25.2. The first-order valence-corrected chi connectivity index (χ1v) is 7.71. The van der Waals surface area contributed by atoms with Crippen LogP contribution in [0.15, 0.2) is 0 Å². The van der Waals surface area contributed by atoms with Gasteiger partial charge in [-0.2, -0.15) is 0 Å². The number of nitrogens with one attached hydrogen (secondary N) is 1. The molecule has 6 heteroatoms. The summed E-state index contributed by atoms with van der Waals surface area (Å²) in [6.45, 7) is 2.00. The summed E-state index contributed by atoms with van der Waals surface area (Å²) >= 11 is 9.19. The van der Waals surface area contributed by atoms with Gasteiger partial charge in [-0.1, -0.05) is 12.2 Å². The zero-order chi connectivity index (χ0) is 9.03. The number of hydrogen-bond acceptors (Lipinski definition) is 4. The van der Waals surface area contributed by atoms with Crippen LogP contribution in [-0.4, -0.2) is 26.3 Å². The van der Waals surface area contributed by atoms with Crippen molar-refractivity contribution in [1.29, 1.82) is 0 Å². The van der Waals surface area contributed by atoms with Gasteiger partial charge in [0.25, 0.3) is 0 Å². The lowest BCUT2D eigenvalue weighted by Gasteiger charge is -2.26. The monoisotopic (exact) mass is 227 g/mol. The highest BCUT2D eigenvalue weighted by atomic mass is 32.9. The molecule has 72 valence electrons. The Labute approximate surface area is 83.5 Å². The lowest BCUT2D eigenvalue weighted by molar-refractivity contribution is 0.162. The molecular weight excluding hydrogens is 213 g/mol. The predicted octanol–water partition coefficient (Wildman–Crippen LogP) is 1.56. The minimum absolute atomic E-state index is 0.231. The topological polar surface area (TPSA) is 30.5 Å². The van der Waals surface area contributed by atoms with Gasteiger partial charge in [-0.05, 0) is 37.7 Å². The van der Waals surface area contributed by atoms with E-state index in [4.69, 9.17) is 20.9 Å². The largest absolute Gasteiger partial charge is 0.325 e. The van der Waals surface area contributed by atoms with E-state index in [1.54, 1.807) is 7.11 Å². The van der Waals surface area contributed by atoms with Crippen molar-refractivity contribution in [2.24, 2.45) is 0 Å². The molecule has 0 aromatic rings. The second kappa shape index (κ2) is 4.94. The predicted molar refractivity (Wildman–Crippen MR) is 57.3 cm³/mol. The quantitative estimate of drug-likeness (QED) is 0.566. The number of hydrogen-bond donors (Lipinski definition) is 2. The Bertz CT molecular complexity index is 184. The van der Waals surface area contributed by atoms with E-state index in [0.717, 1.165) is 25.9 Å². The van der Waals surface area contributed by atoms with E-state index in [9.17, 15) is 0 Å². The van der Waals surface area contributed by atoms with Crippen LogP contribution in [-0.2, 0) is 20.9 Å². The van der Waals surface area contributed by atoms with Gasteiger partial charge < -0.3 is 14.4 Å². The van der Waals surface area contributed by atoms with Crippen molar-refractivity contribution in [3.05, 3.63) is 0 Å². The molecule has 1 atom stereocenters. The van der Waals surface area contributed by atoms with Crippen molar-refractivity contribution < 1.29 is 9.05 Å². The first-order valence-electron chi connectivity index (χ1n) is 3.92. The third-order valence-electron chi connectivity index (χ3n) is 1.80. The van der Waals surface area contributed by atoms with E-state index >= 15 is 0 Å². The van der Waals surface area contributed by atoms with Gasteiger partial charge in [0.2, 0.25) is 5.69 Å². The molecule has 0 aromatic heterocycles. The van der Waals surface area contributed by atoms with Crippen LogP contribution in [0.25, 0.3) is 0 Å². The summed E-state index contributed by atoms with van der Waals surface area (Å²) in [6.07, 6.45) is 2.24. The highest BCUT2D eigenvalue weighted by Gasteiger charge is 2.20. The highest BCUT2D eigenvalue weighted by molar-refractivity contribution is 8.60. The zero-order valence-electron chi connectivity index (χ0n) is 7.02. The Hall–Kier alpha value is 0.880. The maximum Gasteiger partial charge on any atom is 0.244 e. The minimum Gasteiger partial charge on any atom is -0.325 e. The molecule has 0 aromatic carbocycles. The van der Waals surface area contributed by atoms with Crippen LogP contribution in [0.3, 0.4) is 0 Å². The molecule has 3 nitrogen and oxygen atoms in total. The van der Waals surface area contributed by atoms with Gasteiger partial charge >= 0.3 is 0 Å². The summed E-state index contributed by atoms with van der Waals surface area (Å²) in [5, 5.41) is 3.25. The van der Waals surface area contributed by atoms with Gasteiger partial charge in [0.15, 0.2) is 0 Å². The fourth-order valence-corrected chi connectivity index (χ4v) is 2.57. The van der Waals surface area contributed by atoms with Crippen molar-refractivity contribution in [2.75, 3.05) is 20.2 Å². The van der Waals surface area contributed by atoms with Crippen LogP contribution in [0.4, 0.5) is 0 Å². The van der Waals surface area contributed by atoms with Gasteiger partial charge in [0.1, 0.15) is 0 Å². The smallest absolute Gasteiger partial charge is 0.244 e. The van der Waals surface area contributed by atoms with Crippen molar-refractivity contribution in [3.63, 3.8) is 0 Å². The Balaban J connectivity index is 2.34. The van der Waals surface area contributed by atoms with E-state index in [-0.39, 0.29) is 6.10 Å². The molecule has 1 N–H and O–H groups in total. The van der Waals surface area contributed by atoms with Gasteiger partial charge in [-0.3, -0.25) is 0 Å². The van der Waals surface area contributed by atoms with E-state index in [2.05, 4.69) is 17.6 Å². The lowest BCUT2D eigenvalue weighted by Crippen LogP contribution is -2.31. The van der Waals surface area contributed by atoms with Gasteiger partial charge in [-0.25, -0.2) is 0 Å². The maximum atomic E-state index is 5.56. The molecule has 0 radical (unpaired) electrons. The Kier molecular flexibility index (Phi) is 4.51. The van der Waals surface area contributed by atoms with E-state index in [1.165, 1.54) is 0 Å². The van der Waals surface area contributed by atoms with Gasteiger partial charge in [0.05, 0.1) is 6.10 Å². The Morgan fingerprint density at radius 3 is 2.58 bits per heavy atom. The van der Waals surface area contributed by atoms with Crippen molar-refractivity contribution >= 4 is 29.7 Å². The summed E-state index contributed by atoms with van der Waals surface area (Å²) in [5.41, 5.74) is -2.24. The fourth-order valence-electron chi connectivity index (χ4n) is 1.13. The van der Waals surface area contributed by atoms with Gasteiger partial charge in [-0.15, -0.1) is 0 Å². The van der Waals surface area contributed by atoms with Gasteiger partial charge in [0, 0.05) is 7.11 Å². The molecule has 1 unspecified atom stereocenters. The average molecular weight is 227 g/mol. The molecule has 1 aliphatic rings. The molecule has 0 amide bonds. The summed E-state index contributed by atoms with van der Waals surface area (Å²) in [7, 11) is 1.55. The molecule has 12 heavy (non-hydrogen) atoms. The van der Waals surface area contributed by atoms with Crippen molar-refractivity contribution in [3.8, 4) is 0 Å². The molecule has 1 rings (SSSR count). The van der Waals surface area contributed by atoms with Crippen molar-refractivity contribution in [2.45, 2.75) is 18.9 Å². The zero-order valence-corrected chi connectivity index (χ0v) is 9.63. The number of piperidine rings is 1. The summed E-state index contributed by atoms with van der Waals surface area (Å²) < 4.78 is 10.5. The number of rotatable bonds is 3. The standard InChI is InChI=1S/C6H14NO2PS2/c1-8-10(11,12)9-6-2-4-7-5-3-6/h6-7H,2-5H2,1H3,(H,11,12). The molecule has 1 saturated heterocycles. The van der Waals surface area contributed by atoms with Crippen LogP contribution < -0.4 is 5.32 Å². The first kappa shape index (κ1) is 11.0. The van der Waals surface area contributed by atoms with Crippen LogP contribution in [0, 0.1) is 0 Å². The molecule has 1 heterocycles. The first-order chi connectivity index (χ1) is 5.64. The van der Waals surface area contributed by atoms with E-state index in [1.807, 2.05) is 0 Å². The van der Waals surface area contributed by atoms with Crippen LogP contribution in [0.5, 0.6) is 0 Å². The van der Waals surface area contributed by atoms with E-state index in [0.29, 0.717) is 0 Å². The second-order valence-corrected chi connectivity index (χ2v) is 8.05. The average Bonchev–Trinajstić information content (AvgIpc) is 2.06. The molecular formula is C6H14NO2PS2. The minimum atomic E-state index is -2.24. The van der Waals surface area contributed by atoms with Crippen LogP contribution in [0.2, 0.25) is 0 Å². The molecule has 1 fully saturated rings.